The molecule has 3 rings (SSSR count). The zero-order chi connectivity index (χ0) is 17.3. The minimum Gasteiger partial charge on any atom is -0.353 e. The van der Waals surface area contributed by atoms with Gasteiger partial charge in [-0.2, -0.15) is 0 Å². The summed E-state index contributed by atoms with van der Waals surface area (Å²) in [5, 5.41) is 0.621. The fraction of sp³-hybridized carbons (Fsp3) is 0.250. The zero-order valence-corrected chi connectivity index (χ0v) is 14.7. The summed E-state index contributed by atoms with van der Waals surface area (Å²) in [6.45, 7) is 2.22. The van der Waals surface area contributed by atoms with Gasteiger partial charge in [0.1, 0.15) is 11.6 Å². The maximum absolute atomic E-state index is 13.6. The van der Waals surface area contributed by atoms with Crippen LogP contribution in [0.15, 0.2) is 30.5 Å². The number of halogens is 4. The molecule has 2 aromatic rings. The molecule has 1 aromatic carbocycles. The first kappa shape index (κ1) is 17.3. The van der Waals surface area contributed by atoms with E-state index in [1.807, 2.05) is 6.07 Å². The summed E-state index contributed by atoms with van der Waals surface area (Å²) < 4.78 is 13.6. The van der Waals surface area contributed by atoms with Crippen molar-refractivity contribution in [2.45, 2.75) is 0 Å². The first-order valence-corrected chi connectivity index (χ1v) is 8.39. The summed E-state index contributed by atoms with van der Waals surface area (Å²) in [7, 11) is 0. The second-order valence-electron chi connectivity index (χ2n) is 5.36. The number of piperazine rings is 1. The van der Waals surface area contributed by atoms with Gasteiger partial charge in [0.2, 0.25) is 0 Å². The molecule has 0 saturated carbocycles. The molecule has 1 aliphatic heterocycles. The quantitative estimate of drug-likeness (QED) is 0.725. The van der Waals surface area contributed by atoms with Crippen molar-refractivity contribution in [2.24, 2.45) is 0 Å². The Morgan fingerprint density at radius 2 is 1.75 bits per heavy atom. The van der Waals surface area contributed by atoms with E-state index in [0.29, 0.717) is 31.2 Å². The molecule has 2 heterocycles. The molecule has 0 unspecified atom stereocenters. The highest BCUT2D eigenvalue weighted by atomic mass is 35.5. The molecule has 0 atom stereocenters. The lowest BCUT2D eigenvalue weighted by atomic mass is 10.1. The van der Waals surface area contributed by atoms with Crippen molar-refractivity contribution in [2.75, 3.05) is 31.1 Å². The van der Waals surface area contributed by atoms with Gasteiger partial charge in [0.05, 0.1) is 20.6 Å². The highest BCUT2D eigenvalue weighted by Gasteiger charge is 2.25. The molecule has 1 fully saturated rings. The number of benzene rings is 1. The van der Waals surface area contributed by atoms with Crippen molar-refractivity contribution in [3.05, 3.63) is 56.9 Å². The van der Waals surface area contributed by atoms with E-state index in [9.17, 15) is 9.18 Å². The second kappa shape index (κ2) is 7.13. The molecule has 0 aliphatic carbocycles. The van der Waals surface area contributed by atoms with Crippen molar-refractivity contribution >= 4 is 46.5 Å². The highest BCUT2D eigenvalue weighted by molar-refractivity contribution is 6.36. The Morgan fingerprint density at radius 3 is 2.38 bits per heavy atom. The van der Waals surface area contributed by atoms with Gasteiger partial charge in [0.15, 0.2) is 0 Å². The normalized spacial score (nSPS) is 14.8. The van der Waals surface area contributed by atoms with Crippen molar-refractivity contribution in [1.82, 2.24) is 9.88 Å². The summed E-state index contributed by atoms with van der Waals surface area (Å²) in [6, 6.07) is 5.95. The molecule has 1 saturated heterocycles. The van der Waals surface area contributed by atoms with Crippen molar-refractivity contribution in [1.29, 1.82) is 0 Å². The van der Waals surface area contributed by atoms with Gasteiger partial charge < -0.3 is 9.80 Å². The third kappa shape index (κ3) is 3.58. The first-order valence-electron chi connectivity index (χ1n) is 7.26. The summed E-state index contributed by atoms with van der Waals surface area (Å²) >= 11 is 17.5. The fourth-order valence-electron chi connectivity index (χ4n) is 2.55. The van der Waals surface area contributed by atoms with Crippen LogP contribution in [0.2, 0.25) is 15.1 Å². The lowest BCUT2D eigenvalue weighted by molar-refractivity contribution is 0.0746. The number of carbonyl (C=O) groups is 1. The van der Waals surface area contributed by atoms with Gasteiger partial charge >= 0.3 is 0 Å². The minimum absolute atomic E-state index is 0.102. The van der Waals surface area contributed by atoms with Gasteiger partial charge in [-0.1, -0.05) is 34.8 Å². The lowest BCUT2D eigenvalue weighted by Gasteiger charge is -2.35. The molecular formula is C16H13Cl3FN3O. The average Bonchev–Trinajstić information content (AvgIpc) is 2.58. The summed E-state index contributed by atoms with van der Waals surface area (Å²) in [5.41, 5.74) is 0.122. The third-order valence-corrected chi connectivity index (χ3v) is 4.67. The molecule has 24 heavy (non-hydrogen) atoms. The molecule has 126 valence electrons. The smallest absolute Gasteiger partial charge is 0.255 e. The number of carbonyl (C=O) groups excluding carboxylic acids is 1. The number of aromatic nitrogens is 1. The van der Waals surface area contributed by atoms with Gasteiger partial charge in [-0.15, -0.1) is 0 Å². The van der Waals surface area contributed by atoms with E-state index >= 15 is 0 Å². The number of hydrogen-bond acceptors (Lipinski definition) is 3. The number of pyridine rings is 1. The Labute approximate surface area is 153 Å². The predicted molar refractivity (Wildman–Crippen MR) is 93.8 cm³/mol. The van der Waals surface area contributed by atoms with Gasteiger partial charge in [-0.25, -0.2) is 9.37 Å². The molecule has 8 heteroatoms. The van der Waals surface area contributed by atoms with Crippen LogP contribution in [0.1, 0.15) is 10.4 Å². The predicted octanol–water partition coefficient (Wildman–Crippen LogP) is 4.14. The number of amides is 1. The van der Waals surface area contributed by atoms with Crippen LogP contribution in [0.3, 0.4) is 0 Å². The molecule has 0 spiro atoms. The summed E-state index contributed by atoms with van der Waals surface area (Å²) in [5.74, 6) is -0.158. The Kier molecular flexibility index (Phi) is 5.13. The summed E-state index contributed by atoms with van der Waals surface area (Å²) in [4.78, 5) is 20.5. The largest absolute Gasteiger partial charge is 0.353 e. The van der Waals surface area contributed by atoms with Crippen LogP contribution < -0.4 is 4.90 Å². The van der Waals surface area contributed by atoms with Crippen LogP contribution in [0, 0.1) is 5.82 Å². The zero-order valence-electron chi connectivity index (χ0n) is 12.5. The average molecular weight is 389 g/mol. The van der Waals surface area contributed by atoms with E-state index < -0.39 is 5.82 Å². The van der Waals surface area contributed by atoms with E-state index in [0.717, 1.165) is 11.9 Å². The minimum atomic E-state index is -0.659. The van der Waals surface area contributed by atoms with Gasteiger partial charge in [-0.05, 0) is 24.3 Å². The molecule has 0 radical (unpaired) electrons. The van der Waals surface area contributed by atoms with Gasteiger partial charge in [-0.3, -0.25) is 4.79 Å². The number of rotatable bonds is 2. The van der Waals surface area contributed by atoms with Crippen molar-refractivity contribution in [3.8, 4) is 0 Å². The van der Waals surface area contributed by atoms with Crippen LogP contribution in [-0.2, 0) is 0 Å². The molecule has 1 aliphatic rings. The highest BCUT2D eigenvalue weighted by Crippen LogP contribution is 2.26. The molecule has 0 N–H and O–H groups in total. The first-order chi connectivity index (χ1) is 11.5. The molecule has 0 bridgehead atoms. The van der Waals surface area contributed by atoms with E-state index in [2.05, 4.69) is 9.88 Å². The fourth-order valence-corrected chi connectivity index (χ4v) is 3.13. The van der Waals surface area contributed by atoms with Crippen LogP contribution in [0.4, 0.5) is 10.2 Å². The number of hydrogen-bond donors (Lipinski definition) is 0. The summed E-state index contributed by atoms with van der Waals surface area (Å²) in [6.07, 6.45) is 1.59. The maximum Gasteiger partial charge on any atom is 0.255 e. The van der Waals surface area contributed by atoms with Crippen molar-refractivity contribution in [3.63, 3.8) is 0 Å². The Hall–Kier alpha value is -1.56. The lowest BCUT2D eigenvalue weighted by Crippen LogP contribution is -2.49. The molecule has 1 aromatic heterocycles. The maximum atomic E-state index is 13.6. The van der Waals surface area contributed by atoms with E-state index in [-0.39, 0.29) is 21.5 Å². The van der Waals surface area contributed by atoms with Crippen molar-refractivity contribution < 1.29 is 9.18 Å². The van der Waals surface area contributed by atoms with Crippen LogP contribution >= 0.6 is 34.8 Å². The van der Waals surface area contributed by atoms with E-state index in [4.69, 9.17) is 34.8 Å². The molecular weight excluding hydrogens is 376 g/mol. The molecule has 1 amide bonds. The third-order valence-electron chi connectivity index (χ3n) is 3.84. The van der Waals surface area contributed by atoms with Gasteiger partial charge in [0.25, 0.3) is 5.91 Å². The monoisotopic (exact) mass is 387 g/mol. The van der Waals surface area contributed by atoms with Gasteiger partial charge in [0, 0.05) is 32.4 Å². The Bertz CT molecular complexity index is 762. The number of nitrogens with zero attached hydrogens (tertiary/aromatic N) is 3. The van der Waals surface area contributed by atoms with Crippen LogP contribution in [-0.4, -0.2) is 42.0 Å². The standard InChI is InChI=1S/C16H13Cl3FN3O/c17-10-1-2-15(21-9-10)22-3-5-23(6-4-22)16(24)11-7-14(20)13(19)8-12(11)18/h1-2,7-9H,3-6H2. The van der Waals surface area contributed by atoms with Crippen LogP contribution in [0.25, 0.3) is 0 Å². The topological polar surface area (TPSA) is 36.4 Å². The Balaban J connectivity index is 1.69. The van der Waals surface area contributed by atoms with Crippen LogP contribution in [0.5, 0.6) is 0 Å². The van der Waals surface area contributed by atoms with E-state index in [1.54, 1.807) is 17.2 Å². The number of anilines is 1. The second-order valence-corrected chi connectivity index (χ2v) is 6.61. The molecule has 4 nitrogen and oxygen atoms in total. The SMILES string of the molecule is O=C(c1cc(F)c(Cl)cc1Cl)N1CCN(c2ccc(Cl)cn2)CC1. The van der Waals surface area contributed by atoms with E-state index in [1.165, 1.54) is 6.07 Å². The Morgan fingerprint density at radius 1 is 1.04 bits per heavy atom.